The molecule has 0 spiro atoms. The fourth-order valence-electron chi connectivity index (χ4n) is 5.36. The number of ketones is 1. The fourth-order valence-corrected chi connectivity index (χ4v) is 5.93. The summed E-state index contributed by atoms with van der Waals surface area (Å²) in [5, 5.41) is 2.64. The van der Waals surface area contributed by atoms with Crippen molar-refractivity contribution >= 4 is 29.2 Å². The zero-order valence-electron chi connectivity index (χ0n) is 22.2. The molecule has 1 aromatic rings. The summed E-state index contributed by atoms with van der Waals surface area (Å²) in [5.41, 5.74) is -0.956. The molecule has 2 fully saturated rings. The van der Waals surface area contributed by atoms with Gasteiger partial charge in [-0.2, -0.15) is 0 Å². The number of hydrogen-bond acceptors (Lipinski definition) is 6. The van der Waals surface area contributed by atoms with Gasteiger partial charge in [-0.15, -0.1) is 11.3 Å². The van der Waals surface area contributed by atoms with Gasteiger partial charge in [0.25, 0.3) is 0 Å². The molecule has 0 bridgehead atoms. The molecule has 4 atom stereocenters. The minimum absolute atomic E-state index is 0.0762. The summed E-state index contributed by atoms with van der Waals surface area (Å²) in [4.78, 5) is 30.0. The van der Waals surface area contributed by atoms with Crippen molar-refractivity contribution in [1.82, 2.24) is 4.98 Å². The first kappa shape index (κ1) is 28.0. The van der Waals surface area contributed by atoms with Gasteiger partial charge < -0.3 is 9.47 Å². The van der Waals surface area contributed by atoms with Crippen molar-refractivity contribution in [2.45, 2.75) is 123 Å². The highest BCUT2D eigenvalue weighted by Crippen LogP contribution is 2.57. The second-order valence-corrected chi connectivity index (χ2v) is 12.5. The molecular weight excluding hydrogens is 465 g/mol. The van der Waals surface area contributed by atoms with Crippen molar-refractivity contribution in [3.8, 4) is 0 Å². The van der Waals surface area contributed by atoms with Crippen LogP contribution in [0.2, 0.25) is 0 Å². The van der Waals surface area contributed by atoms with Crippen molar-refractivity contribution in [2.24, 2.45) is 11.3 Å². The molecule has 7 heteroatoms. The lowest BCUT2D eigenvalue weighted by atomic mass is 9.79. The molecule has 1 aromatic heterocycles. The summed E-state index contributed by atoms with van der Waals surface area (Å²) >= 11 is 1.45. The molecule has 3 rings (SSSR count). The van der Waals surface area contributed by atoms with E-state index in [1.807, 2.05) is 20.8 Å². The van der Waals surface area contributed by atoms with Gasteiger partial charge in [0.1, 0.15) is 17.2 Å². The van der Waals surface area contributed by atoms with Crippen LogP contribution in [0.4, 0.5) is 4.39 Å². The quantitative estimate of drug-likeness (QED) is 0.314. The van der Waals surface area contributed by atoms with Crippen molar-refractivity contribution in [2.75, 3.05) is 0 Å². The lowest BCUT2D eigenvalue weighted by Gasteiger charge is -2.26. The van der Waals surface area contributed by atoms with Gasteiger partial charge in [0, 0.05) is 30.1 Å². The predicted molar refractivity (Wildman–Crippen MR) is 138 cm³/mol. The van der Waals surface area contributed by atoms with E-state index in [4.69, 9.17) is 9.47 Å². The summed E-state index contributed by atoms with van der Waals surface area (Å²) in [6, 6.07) is 0. The van der Waals surface area contributed by atoms with E-state index in [0.29, 0.717) is 24.5 Å². The van der Waals surface area contributed by atoms with Crippen LogP contribution >= 0.6 is 11.3 Å². The number of nitrogens with zero attached hydrogens (tertiary/aromatic N) is 1. The Labute approximate surface area is 213 Å². The van der Waals surface area contributed by atoms with Crippen molar-refractivity contribution in [3.05, 3.63) is 21.9 Å². The first-order valence-corrected chi connectivity index (χ1v) is 14.0. The van der Waals surface area contributed by atoms with Crippen LogP contribution < -0.4 is 0 Å². The normalized spacial score (nSPS) is 33.2. The number of halogens is 1. The lowest BCUT2D eigenvalue weighted by Crippen LogP contribution is -2.32. The Hall–Kier alpha value is -1.60. The number of carbonyl (C=O) groups excluding carboxylic acids is 2. The second kappa shape index (κ2) is 11.2. The predicted octanol–water partition coefficient (Wildman–Crippen LogP) is 7.37. The van der Waals surface area contributed by atoms with Crippen LogP contribution in [0.15, 0.2) is 11.2 Å². The van der Waals surface area contributed by atoms with E-state index in [1.54, 1.807) is 5.38 Å². The van der Waals surface area contributed by atoms with Crippen LogP contribution in [0.25, 0.3) is 6.08 Å². The first-order chi connectivity index (χ1) is 16.4. The Balaban J connectivity index is 1.87. The van der Waals surface area contributed by atoms with Crippen LogP contribution in [0.5, 0.6) is 0 Å². The summed E-state index contributed by atoms with van der Waals surface area (Å²) in [6.07, 6.45) is 7.04. The molecule has 0 N–H and O–H groups in total. The van der Waals surface area contributed by atoms with Gasteiger partial charge in [-0.05, 0) is 51.5 Å². The minimum Gasteiger partial charge on any atom is -0.455 e. The van der Waals surface area contributed by atoms with Gasteiger partial charge in [0.05, 0.1) is 16.3 Å². The lowest BCUT2D eigenvalue weighted by molar-refractivity contribution is -0.149. The van der Waals surface area contributed by atoms with Gasteiger partial charge in [-0.1, -0.05) is 47.0 Å². The van der Waals surface area contributed by atoms with E-state index in [2.05, 4.69) is 25.8 Å². The third kappa shape index (κ3) is 7.00. The molecule has 35 heavy (non-hydrogen) atoms. The molecule has 0 saturated carbocycles. The zero-order valence-corrected chi connectivity index (χ0v) is 23.1. The Morgan fingerprint density at radius 3 is 2.63 bits per heavy atom. The number of rotatable bonds is 4. The molecule has 0 aromatic carbocycles. The van der Waals surface area contributed by atoms with E-state index in [9.17, 15) is 9.59 Å². The molecule has 4 unspecified atom stereocenters. The molecule has 2 saturated heterocycles. The van der Waals surface area contributed by atoms with Gasteiger partial charge in [0.2, 0.25) is 0 Å². The number of esters is 1. The molecule has 0 amide bonds. The molecule has 0 aliphatic carbocycles. The molecule has 3 heterocycles. The fraction of sp³-hybridized carbons (Fsp3) is 0.750. The third-order valence-electron chi connectivity index (χ3n) is 7.94. The number of aromatic nitrogens is 1. The maximum absolute atomic E-state index is 15.6. The van der Waals surface area contributed by atoms with Crippen molar-refractivity contribution in [3.63, 3.8) is 0 Å². The Bertz CT molecular complexity index is 941. The van der Waals surface area contributed by atoms with E-state index in [1.165, 1.54) is 17.4 Å². The topological polar surface area (TPSA) is 68.8 Å². The number of epoxide rings is 1. The van der Waals surface area contributed by atoms with Crippen molar-refractivity contribution < 1.29 is 23.5 Å². The number of thiazole rings is 1. The molecule has 2 aliphatic heterocycles. The monoisotopic (exact) mass is 507 g/mol. The third-order valence-corrected chi connectivity index (χ3v) is 8.73. The number of Topliss-reactive ketones (excluding diaryl/α,β-unsaturated/α-hetero) is 1. The van der Waals surface area contributed by atoms with Gasteiger partial charge in [0.15, 0.2) is 6.10 Å². The Morgan fingerprint density at radius 2 is 1.97 bits per heavy atom. The highest BCUT2D eigenvalue weighted by molar-refractivity contribution is 7.09. The van der Waals surface area contributed by atoms with E-state index < -0.39 is 28.9 Å². The smallest absolute Gasteiger partial charge is 0.306 e. The van der Waals surface area contributed by atoms with Crippen molar-refractivity contribution in [1.29, 1.82) is 0 Å². The number of fused-ring (bicyclic) bond motifs is 1. The number of hydrogen-bond donors (Lipinski definition) is 0. The molecule has 2 aliphatic rings. The van der Waals surface area contributed by atoms with Crippen LogP contribution in [0, 0.1) is 18.3 Å². The second-order valence-electron chi connectivity index (χ2n) is 11.4. The molecule has 196 valence electrons. The standard InChI is InChI=1S/C28H42FNO4S/c1-7-13-28-17-23(22(29)16-21-18-35-20(3)30-21)33-25(32)12-15-26(4,5)24(31)11-10-19(2)9-8-14-27(28,6)34-28/h16,18-19,23H,7-15,17H2,1-6H3. The average molecular weight is 508 g/mol. The highest BCUT2D eigenvalue weighted by Gasteiger charge is 2.66. The highest BCUT2D eigenvalue weighted by atomic mass is 32.1. The minimum atomic E-state index is -1.04. The van der Waals surface area contributed by atoms with Crippen LogP contribution in [0.3, 0.4) is 0 Å². The average Bonchev–Trinajstić information content (AvgIpc) is 3.11. The maximum atomic E-state index is 15.6. The number of carbonyl (C=O) groups is 2. The van der Waals surface area contributed by atoms with Crippen LogP contribution in [-0.2, 0) is 19.1 Å². The zero-order chi connectivity index (χ0) is 25.9. The number of aryl methyl sites for hydroxylation is 1. The largest absolute Gasteiger partial charge is 0.455 e. The van der Waals surface area contributed by atoms with Gasteiger partial charge in [-0.3, -0.25) is 9.59 Å². The summed E-state index contributed by atoms with van der Waals surface area (Å²) in [7, 11) is 0. The SMILES string of the molecule is CCCC12CC(C(F)=Cc3csc(C)n3)OC(=O)CCC(C)(C)C(=O)CCC(C)CCCC1(C)O2. The molecular formula is C28H42FNO4S. The van der Waals surface area contributed by atoms with Gasteiger partial charge >= 0.3 is 5.97 Å². The first-order valence-electron chi connectivity index (χ1n) is 13.1. The Morgan fingerprint density at radius 1 is 1.23 bits per heavy atom. The molecule has 5 nitrogen and oxygen atoms in total. The maximum Gasteiger partial charge on any atom is 0.306 e. The van der Waals surface area contributed by atoms with Gasteiger partial charge in [-0.25, -0.2) is 9.37 Å². The van der Waals surface area contributed by atoms with E-state index >= 15 is 4.39 Å². The van der Waals surface area contributed by atoms with Crippen LogP contribution in [-0.4, -0.2) is 34.0 Å². The summed E-state index contributed by atoms with van der Waals surface area (Å²) in [5.74, 6) is -0.374. The van der Waals surface area contributed by atoms with E-state index in [-0.39, 0.29) is 24.2 Å². The summed E-state index contributed by atoms with van der Waals surface area (Å²) in [6.45, 7) is 12.1. The number of ether oxygens (including phenoxy) is 2. The summed E-state index contributed by atoms with van der Waals surface area (Å²) < 4.78 is 27.7. The molecule has 0 radical (unpaired) electrons. The van der Waals surface area contributed by atoms with Crippen LogP contribution in [0.1, 0.15) is 110 Å². The Kier molecular flexibility index (Phi) is 8.96. The number of cyclic esters (lactones) is 1. The van der Waals surface area contributed by atoms with E-state index in [0.717, 1.165) is 43.5 Å².